The Hall–Kier alpha value is -1.34. The maximum atomic E-state index is 12.8. The molecule has 2 atom stereocenters. The third-order valence-corrected chi connectivity index (χ3v) is 6.64. The lowest BCUT2D eigenvalue weighted by molar-refractivity contribution is 0.0686. The fourth-order valence-electron chi connectivity index (χ4n) is 3.73. The summed E-state index contributed by atoms with van der Waals surface area (Å²) in [5, 5.41) is 9.08. The first-order chi connectivity index (χ1) is 9.91. The van der Waals surface area contributed by atoms with E-state index in [1.165, 1.54) is 16.8 Å². The number of aryl methyl sites for hydroxylation is 1. The SMILES string of the molecule is Cn1cc(S(=O)(=O)N2CCC[C@H]3CCC[C@H]32)cc1C(=O)O. The zero-order valence-corrected chi connectivity index (χ0v) is 12.8. The van der Waals surface area contributed by atoms with E-state index in [1.807, 2.05) is 0 Å². The molecule has 6 nitrogen and oxygen atoms in total. The van der Waals surface area contributed by atoms with Crippen LogP contribution in [0.25, 0.3) is 0 Å². The van der Waals surface area contributed by atoms with Gasteiger partial charge in [0, 0.05) is 25.8 Å². The van der Waals surface area contributed by atoms with E-state index in [9.17, 15) is 13.2 Å². The predicted octanol–water partition coefficient (Wildman–Crippen LogP) is 1.68. The molecule has 2 heterocycles. The van der Waals surface area contributed by atoms with Crippen LogP contribution in [0.3, 0.4) is 0 Å². The van der Waals surface area contributed by atoms with E-state index in [1.54, 1.807) is 11.4 Å². The molecule has 1 saturated carbocycles. The largest absolute Gasteiger partial charge is 0.477 e. The Morgan fingerprint density at radius 2 is 2.00 bits per heavy atom. The second-order valence-electron chi connectivity index (χ2n) is 5.99. The summed E-state index contributed by atoms with van der Waals surface area (Å²) in [6, 6.07) is 1.35. The number of carbonyl (C=O) groups is 1. The molecule has 7 heteroatoms. The lowest BCUT2D eigenvalue weighted by atomic mass is 9.94. The molecule has 1 aliphatic heterocycles. The van der Waals surface area contributed by atoms with Crippen LogP contribution in [0.4, 0.5) is 0 Å². The summed E-state index contributed by atoms with van der Waals surface area (Å²) in [5.74, 6) is -0.646. The second-order valence-corrected chi connectivity index (χ2v) is 7.88. The predicted molar refractivity (Wildman–Crippen MR) is 76.6 cm³/mol. The van der Waals surface area contributed by atoms with Gasteiger partial charge in [-0.2, -0.15) is 4.31 Å². The van der Waals surface area contributed by atoms with Gasteiger partial charge in [0.2, 0.25) is 10.0 Å². The van der Waals surface area contributed by atoms with Crippen LogP contribution in [0.5, 0.6) is 0 Å². The molecule has 1 saturated heterocycles. The normalized spacial score (nSPS) is 26.7. The molecule has 1 aromatic heterocycles. The van der Waals surface area contributed by atoms with Crippen LogP contribution >= 0.6 is 0 Å². The highest BCUT2D eigenvalue weighted by Crippen LogP contribution is 2.39. The van der Waals surface area contributed by atoms with Crippen LogP contribution in [0, 0.1) is 5.92 Å². The zero-order chi connectivity index (χ0) is 15.2. The molecule has 2 aliphatic rings. The van der Waals surface area contributed by atoms with E-state index in [0.717, 1.165) is 32.1 Å². The molecule has 21 heavy (non-hydrogen) atoms. The van der Waals surface area contributed by atoms with Crippen LogP contribution in [-0.2, 0) is 17.1 Å². The van der Waals surface area contributed by atoms with Crippen molar-refractivity contribution in [2.45, 2.75) is 43.0 Å². The Labute approximate surface area is 124 Å². The van der Waals surface area contributed by atoms with Crippen molar-refractivity contribution in [1.29, 1.82) is 0 Å². The van der Waals surface area contributed by atoms with Crippen LogP contribution in [0.2, 0.25) is 0 Å². The van der Waals surface area contributed by atoms with Crippen molar-refractivity contribution >= 4 is 16.0 Å². The highest BCUT2D eigenvalue weighted by molar-refractivity contribution is 7.89. The van der Waals surface area contributed by atoms with Crippen molar-refractivity contribution in [2.24, 2.45) is 13.0 Å². The first kappa shape index (κ1) is 14.6. The summed E-state index contributed by atoms with van der Waals surface area (Å²) < 4.78 is 28.6. The summed E-state index contributed by atoms with van der Waals surface area (Å²) in [4.78, 5) is 11.2. The van der Waals surface area contributed by atoms with Gasteiger partial charge in [-0.1, -0.05) is 6.42 Å². The van der Waals surface area contributed by atoms with Crippen LogP contribution < -0.4 is 0 Å². The van der Waals surface area contributed by atoms with Crippen molar-refractivity contribution in [3.05, 3.63) is 18.0 Å². The van der Waals surface area contributed by atoms with E-state index in [4.69, 9.17) is 5.11 Å². The average Bonchev–Trinajstić information content (AvgIpc) is 3.03. The van der Waals surface area contributed by atoms with Gasteiger partial charge in [-0.25, -0.2) is 13.2 Å². The van der Waals surface area contributed by atoms with Crippen molar-refractivity contribution in [3.8, 4) is 0 Å². The molecule has 3 rings (SSSR count). The van der Waals surface area contributed by atoms with Crippen LogP contribution in [0.1, 0.15) is 42.6 Å². The molecular weight excluding hydrogens is 292 g/mol. The lowest BCUT2D eigenvalue weighted by Gasteiger charge is -2.36. The summed E-state index contributed by atoms with van der Waals surface area (Å²) in [6.07, 6.45) is 6.49. The number of fused-ring (bicyclic) bond motifs is 1. The van der Waals surface area contributed by atoms with Crippen molar-refractivity contribution in [1.82, 2.24) is 8.87 Å². The Kier molecular flexibility index (Phi) is 3.57. The van der Waals surface area contributed by atoms with Crippen molar-refractivity contribution in [3.63, 3.8) is 0 Å². The van der Waals surface area contributed by atoms with Crippen molar-refractivity contribution in [2.75, 3.05) is 6.54 Å². The summed E-state index contributed by atoms with van der Waals surface area (Å²) in [5.41, 5.74) is -0.00597. The van der Waals surface area contributed by atoms with Gasteiger partial charge in [0.05, 0.1) is 0 Å². The van der Waals surface area contributed by atoms with Gasteiger partial charge < -0.3 is 9.67 Å². The quantitative estimate of drug-likeness (QED) is 0.921. The lowest BCUT2D eigenvalue weighted by Crippen LogP contribution is -2.45. The third kappa shape index (κ3) is 2.38. The molecule has 0 amide bonds. The highest BCUT2D eigenvalue weighted by atomic mass is 32.2. The summed E-state index contributed by atoms with van der Waals surface area (Å²) in [6.45, 7) is 0.542. The third-order valence-electron chi connectivity index (χ3n) is 4.75. The minimum Gasteiger partial charge on any atom is -0.477 e. The molecule has 2 fully saturated rings. The van der Waals surface area contributed by atoms with Gasteiger partial charge in [-0.3, -0.25) is 0 Å². The number of hydrogen-bond acceptors (Lipinski definition) is 3. The highest BCUT2D eigenvalue weighted by Gasteiger charge is 2.41. The standard InChI is InChI=1S/C14H20N2O4S/c1-15-9-11(8-13(15)14(17)18)21(19,20)16-7-3-5-10-4-2-6-12(10)16/h8-10,12H,2-7H2,1H3,(H,17,18)/t10-,12-/m1/s1. The minimum absolute atomic E-state index is 0.00597. The van der Waals surface area contributed by atoms with E-state index in [2.05, 4.69) is 0 Å². The Morgan fingerprint density at radius 1 is 1.29 bits per heavy atom. The molecule has 1 aliphatic carbocycles. The fraction of sp³-hybridized carbons (Fsp3) is 0.643. The molecule has 116 valence electrons. The summed E-state index contributed by atoms with van der Waals surface area (Å²) in [7, 11) is -2.05. The number of piperidine rings is 1. The number of rotatable bonds is 3. The number of aromatic carboxylic acids is 1. The molecule has 0 aromatic carbocycles. The van der Waals surface area contributed by atoms with Gasteiger partial charge in [0.15, 0.2) is 0 Å². The number of sulfonamides is 1. The van der Waals surface area contributed by atoms with Crippen molar-refractivity contribution < 1.29 is 18.3 Å². The maximum absolute atomic E-state index is 12.8. The minimum atomic E-state index is -3.60. The second kappa shape index (κ2) is 5.14. The Morgan fingerprint density at radius 3 is 2.67 bits per heavy atom. The average molecular weight is 312 g/mol. The maximum Gasteiger partial charge on any atom is 0.352 e. The van der Waals surface area contributed by atoms with Gasteiger partial charge >= 0.3 is 5.97 Å². The first-order valence-corrected chi connectivity index (χ1v) is 8.77. The Balaban J connectivity index is 1.96. The number of carboxylic acids is 1. The Bertz CT molecular complexity index is 665. The first-order valence-electron chi connectivity index (χ1n) is 7.33. The van der Waals surface area contributed by atoms with Crippen LogP contribution in [0.15, 0.2) is 17.2 Å². The van der Waals surface area contributed by atoms with Gasteiger partial charge in [-0.05, 0) is 37.7 Å². The molecule has 0 unspecified atom stereocenters. The number of hydrogen-bond donors (Lipinski definition) is 1. The van der Waals surface area contributed by atoms with E-state index in [0.29, 0.717) is 12.5 Å². The molecule has 1 aromatic rings. The van der Waals surface area contributed by atoms with Gasteiger partial charge in [0.25, 0.3) is 0 Å². The number of carboxylic acid groups (broad SMARTS) is 1. The van der Waals surface area contributed by atoms with E-state index in [-0.39, 0.29) is 16.6 Å². The zero-order valence-electron chi connectivity index (χ0n) is 12.0. The van der Waals surface area contributed by atoms with Gasteiger partial charge in [-0.15, -0.1) is 0 Å². The topological polar surface area (TPSA) is 79.6 Å². The molecule has 0 bridgehead atoms. The van der Waals surface area contributed by atoms with Gasteiger partial charge in [0.1, 0.15) is 10.6 Å². The van der Waals surface area contributed by atoms with E-state index >= 15 is 0 Å². The molecule has 0 radical (unpaired) electrons. The fourth-order valence-corrected chi connectivity index (χ4v) is 5.56. The molecule has 1 N–H and O–H groups in total. The van der Waals surface area contributed by atoms with E-state index < -0.39 is 16.0 Å². The molecular formula is C14H20N2O4S. The number of aromatic nitrogens is 1. The molecule has 0 spiro atoms. The van der Waals surface area contributed by atoms with Crippen LogP contribution in [-0.4, -0.2) is 41.0 Å². The monoisotopic (exact) mass is 312 g/mol. The smallest absolute Gasteiger partial charge is 0.352 e. The summed E-state index contributed by atoms with van der Waals surface area (Å²) >= 11 is 0. The number of nitrogens with zero attached hydrogens (tertiary/aromatic N) is 2.